The number of para-hydroxylation sites is 2. The number of anilines is 2. The number of imidazole rings is 1. The average molecular weight is 441 g/mol. The second-order valence-corrected chi connectivity index (χ2v) is 8.70. The normalized spacial score (nSPS) is 16.2. The van der Waals surface area contributed by atoms with Crippen LogP contribution in [0.15, 0.2) is 60.9 Å². The van der Waals surface area contributed by atoms with E-state index in [1.165, 1.54) is 11.3 Å². The van der Waals surface area contributed by atoms with Gasteiger partial charge in [-0.15, -0.1) is 0 Å². The van der Waals surface area contributed by atoms with Gasteiger partial charge in [0.1, 0.15) is 0 Å². The third-order valence-electron chi connectivity index (χ3n) is 6.62. The third-order valence-corrected chi connectivity index (χ3v) is 6.62. The quantitative estimate of drug-likeness (QED) is 0.474. The Morgan fingerprint density at radius 1 is 0.788 bits per heavy atom. The standard InChI is InChI=1S/C26H28N6O/c1-2-6-20(7-3-1)10-12-32-19-27-23-18-31(13-11-24(23)32)26-25(30-14-16-33-17-15-30)28-21-8-4-5-9-22(21)29-26/h1-9,19H,10-18H2. The van der Waals surface area contributed by atoms with E-state index in [0.717, 1.165) is 87.1 Å². The molecule has 1 fully saturated rings. The zero-order chi connectivity index (χ0) is 22.0. The van der Waals surface area contributed by atoms with Gasteiger partial charge in [-0.25, -0.2) is 15.0 Å². The number of benzene rings is 2. The van der Waals surface area contributed by atoms with Crippen LogP contribution in [-0.2, 0) is 30.7 Å². The zero-order valence-electron chi connectivity index (χ0n) is 18.7. The van der Waals surface area contributed by atoms with Crippen LogP contribution in [0, 0.1) is 0 Å². The molecule has 0 atom stereocenters. The van der Waals surface area contributed by atoms with Crippen LogP contribution in [0.5, 0.6) is 0 Å². The lowest BCUT2D eigenvalue weighted by Crippen LogP contribution is -2.39. The molecule has 33 heavy (non-hydrogen) atoms. The smallest absolute Gasteiger partial charge is 0.172 e. The van der Waals surface area contributed by atoms with Crippen molar-refractivity contribution in [3.8, 4) is 0 Å². The molecule has 0 N–H and O–H groups in total. The fourth-order valence-corrected chi connectivity index (χ4v) is 4.82. The Balaban J connectivity index is 1.28. The number of nitrogens with zero attached hydrogens (tertiary/aromatic N) is 6. The number of aryl methyl sites for hydroxylation is 2. The maximum atomic E-state index is 5.58. The fraction of sp³-hybridized carbons (Fsp3) is 0.346. The molecule has 7 heteroatoms. The lowest BCUT2D eigenvalue weighted by Gasteiger charge is -2.34. The maximum Gasteiger partial charge on any atom is 0.172 e. The molecule has 0 radical (unpaired) electrons. The van der Waals surface area contributed by atoms with Crippen LogP contribution in [0.25, 0.3) is 11.0 Å². The SMILES string of the molecule is c1ccc(CCn2cnc3c2CCN(c2nc4ccccc4nc2N2CCOCC2)C3)cc1. The van der Waals surface area contributed by atoms with Gasteiger partial charge in [0.2, 0.25) is 0 Å². The van der Waals surface area contributed by atoms with Crippen molar-refractivity contribution >= 4 is 22.7 Å². The molecule has 168 valence electrons. The van der Waals surface area contributed by atoms with Crippen molar-refractivity contribution in [3.63, 3.8) is 0 Å². The molecule has 0 saturated carbocycles. The summed E-state index contributed by atoms with van der Waals surface area (Å²) in [5.41, 5.74) is 5.73. The van der Waals surface area contributed by atoms with E-state index in [-0.39, 0.29) is 0 Å². The molecule has 0 spiro atoms. The first kappa shape index (κ1) is 20.2. The summed E-state index contributed by atoms with van der Waals surface area (Å²) in [6.07, 6.45) is 3.98. The van der Waals surface area contributed by atoms with Crippen LogP contribution in [0.2, 0.25) is 0 Å². The first-order chi connectivity index (χ1) is 16.3. The summed E-state index contributed by atoms with van der Waals surface area (Å²) >= 11 is 0. The number of hydrogen-bond acceptors (Lipinski definition) is 6. The summed E-state index contributed by atoms with van der Waals surface area (Å²) in [5, 5.41) is 0. The minimum atomic E-state index is 0.726. The highest BCUT2D eigenvalue weighted by atomic mass is 16.5. The average Bonchev–Trinajstić information content (AvgIpc) is 3.30. The maximum absolute atomic E-state index is 5.58. The lowest BCUT2D eigenvalue weighted by atomic mass is 10.1. The Hall–Kier alpha value is -3.45. The van der Waals surface area contributed by atoms with Crippen molar-refractivity contribution in [2.75, 3.05) is 42.6 Å². The predicted octanol–water partition coefficient (Wildman–Crippen LogP) is 3.47. The molecule has 2 aromatic heterocycles. The van der Waals surface area contributed by atoms with Gasteiger partial charge in [-0.1, -0.05) is 42.5 Å². The van der Waals surface area contributed by atoms with Gasteiger partial charge in [-0.05, 0) is 24.1 Å². The number of fused-ring (bicyclic) bond motifs is 2. The van der Waals surface area contributed by atoms with Crippen LogP contribution < -0.4 is 9.80 Å². The number of aromatic nitrogens is 4. The van der Waals surface area contributed by atoms with Gasteiger partial charge in [0, 0.05) is 38.3 Å². The highest BCUT2D eigenvalue weighted by molar-refractivity contribution is 5.81. The molecule has 6 rings (SSSR count). The van der Waals surface area contributed by atoms with Crippen molar-refractivity contribution in [2.24, 2.45) is 0 Å². The molecule has 1 saturated heterocycles. The number of rotatable bonds is 5. The van der Waals surface area contributed by atoms with Gasteiger partial charge >= 0.3 is 0 Å². The van der Waals surface area contributed by atoms with Crippen molar-refractivity contribution in [1.29, 1.82) is 0 Å². The number of morpholine rings is 1. The molecule has 4 aromatic rings. The van der Waals surface area contributed by atoms with E-state index in [2.05, 4.69) is 44.7 Å². The van der Waals surface area contributed by atoms with Crippen LogP contribution >= 0.6 is 0 Å². The largest absolute Gasteiger partial charge is 0.378 e. The van der Waals surface area contributed by atoms with Gasteiger partial charge < -0.3 is 19.1 Å². The Labute approximate surface area is 193 Å². The lowest BCUT2D eigenvalue weighted by molar-refractivity contribution is 0.122. The first-order valence-corrected chi connectivity index (χ1v) is 11.8. The minimum absolute atomic E-state index is 0.726. The van der Waals surface area contributed by atoms with Gasteiger partial charge in [-0.3, -0.25) is 0 Å². The second kappa shape index (κ2) is 8.83. The molecule has 7 nitrogen and oxygen atoms in total. The molecule has 2 aliphatic heterocycles. The molecular weight excluding hydrogens is 412 g/mol. The summed E-state index contributed by atoms with van der Waals surface area (Å²) in [6.45, 7) is 5.77. The molecule has 4 heterocycles. The molecule has 0 bridgehead atoms. The third kappa shape index (κ3) is 4.04. The fourth-order valence-electron chi connectivity index (χ4n) is 4.82. The van der Waals surface area contributed by atoms with Gasteiger partial charge in [0.25, 0.3) is 0 Å². The molecule has 0 aliphatic carbocycles. The Morgan fingerprint density at radius 3 is 2.24 bits per heavy atom. The van der Waals surface area contributed by atoms with E-state index in [9.17, 15) is 0 Å². The molecule has 2 aliphatic rings. The monoisotopic (exact) mass is 440 g/mol. The summed E-state index contributed by atoms with van der Waals surface area (Å²) in [5.74, 6) is 1.92. The van der Waals surface area contributed by atoms with Gasteiger partial charge in [-0.2, -0.15) is 0 Å². The highest BCUT2D eigenvalue weighted by Crippen LogP contribution is 2.32. The molecule has 0 unspecified atom stereocenters. The second-order valence-electron chi connectivity index (χ2n) is 8.70. The van der Waals surface area contributed by atoms with Gasteiger partial charge in [0.05, 0.1) is 42.8 Å². The topological polar surface area (TPSA) is 59.3 Å². The van der Waals surface area contributed by atoms with Crippen LogP contribution in [0.4, 0.5) is 11.6 Å². The van der Waals surface area contributed by atoms with E-state index in [0.29, 0.717) is 0 Å². The Bertz CT molecular complexity index is 1250. The summed E-state index contributed by atoms with van der Waals surface area (Å²) in [4.78, 5) is 19.6. The van der Waals surface area contributed by atoms with Crippen molar-refractivity contribution in [2.45, 2.75) is 25.9 Å². The molecular formula is C26H28N6O. The van der Waals surface area contributed by atoms with Crippen LogP contribution in [0.1, 0.15) is 17.0 Å². The molecule has 0 amide bonds. The minimum Gasteiger partial charge on any atom is -0.378 e. The highest BCUT2D eigenvalue weighted by Gasteiger charge is 2.27. The summed E-state index contributed by atoms with van der Waals surface area (Å²) in [6, 6.07) is 18.8. The van der Waals surface area contributed by atoms with Crippen molar-refractivity contribution < 1.29 is 4.74 Å². The number of hydrogen-bond donors (Lipinski definition) is 0. The van der Waals surface area contributed by atoms with E-state index < -0.39 is 0 Å². The summed E-state index contributed by atoms with van der Waals surface area (Å²) in [7, 11) is 0. The Morgan fingerprint density at radius 2 is 1.48 bits per heavy atom. The van der Waals surface area contributed by atoms with E-state index in [1.54, 1.807) is 0 Å². The Kier molecular flexibility index (Phi) is 5.40. The predicted molar refractivity (Wildman–Crippen MR) is 130 cm³/mol. The van der Waals surface area contributed by atoms with E-state index in [4.69, 9.17) is 19.7 Å². The van der Waals surface area contributed by atoms with E-state index in [1.807, 2.05) is 30.6 Å². The van der Waals surface area contributed by atoms with Crippen LogP contribution in [-0.4, -0.2) is 52.4 Å². The first-order valence-electron chi connectivity index (χ1n) is 11.8. The van der Waals surface area contributed by atoms with Crippen molar-refractivity contribution in [3.05, 3.63) is 77.9 Å². The zero-order valence-corrected chi connectivity index (χ0v) is 18.7. The molecule has 2 aromatic carbocycles. The van der Waals surface area contributed by atoms with Crippen LogP contribution in [0.3, 0.4) is 0 Å². The van der Waals surface area contributed by atoms with E-state index >= 15 is 0 Å². The van der Waals surface area contributed by atoms with Crippen molar-refractivity contribution in [1.82, 2.24) is 19.5 Å². The van der Waals surface area contributed by atoms with Gasteiger partial charge in [0.15, 0.2) is 11.6 Å². The summed E-state index contributed by atoms with van der Waals surface area (Å²) < 4.78 is 7.91. The number of ether oxygens (including phenoxy) is 1.